The van der Waals surface area contributed by atoms with E-state index in [1.807, 2.05) is 24.3 Å². The summed E-state index contributed by atoms with van der Waals surface area (Å²) in [4.78, 5) is 4.28. The summed E-state index contributed by atoms with van der Waals surface area (Å²) in [6.07, 6.45) is -1.24. The van der Waals surface area contributed by atoms with E-state index in [-0.39, 0.29) is 5.65 Å². The summed E-state index contributed by atoms with van der Waals surface area (Å²) in [7, 11) is 0. The molecule has 0 atom stereocenters. The van der Waals surface area contributed by atoms with E-state index in [2.05, 4.69) is 27.6 Å². The van der Waals surface area contributed by atoms with Gasteiger partial charge in [-0.15, -0.1) is 0 Å². The van der Waals surface area contributed by atoms with Crippen LogP contribution in [-0.2, 0) is 6.18 Å². The molecule has 0 aliphatic heterocycles. The van der Waals surface area contributed by atoms with Crippen molar-refractivity contribution in [2.45, 2.75) is 6.18 Å². The Balaban J connectivity index is 2.14. The van der Waals surface area contributed by atoms with Gasteiger partial charge in [-0.3, -0.25) is 0 Å². The van der Waals surface area contributed by atoms with Crippen molar-refractivity contribution < 1.29 is 13.2 Å². The second-order valence-corrected chi connectivity index (χ2v) is 5.45. The molecule has 0 radical (unpaired) electrons. The van der Waals surface area contributed by atoms with E-state index >= 15 is 0 Å². The highest BCUT2D eigenvalue weighted by Crippen LogP contribution is 2.31. The monoisotopic (exact) mass is 388 g/mol. The predicted octanol–water partition coefficient (Wildman–Crippen LogP) is 4.62. The predicted molar refractivity (Wildman–Crippen MR) is 78.3 cm³/mol. The minimum atomic E-state index is -4.35. The van der Waals surface area contributed by atoms with Crippen molar-refractivity contribution in [2.75, 3.05) is 0 Å². The lowest BCUT2D eigenvalue weighted by Gasteiger charge is -2.05. The average Bonchev–Trinajstić information content (AvgIpc) is 2.80. The van der Waals surface area contributed by atoms with Crippen LogP contribution in [0.15, 0.2) is 48.8 Å². The molecule has 102 valence electrons. The molecular formula is C14H8F3IN2. The molecular weight excluding hydrogens is 380 g/mol. The van der Waals surface area contributed by atoms with Gasteiger partial charge in [0.1, 0.15) is 5.65 Å². The summed E-state index contributed by atoms with van der Waals surface area (Å²) < 4.78 is 40.6. The summed E-state index contributed by atoms with van der Waals surface area (Å²) in [5.41, 5.74) is 1.17. The number of alkyl halides is 3. The van der Waals surface area contributed by atoms with Crippen LogP contribution in [0.4, 0.5) is 13.2 Å². The number of imidazole rings is 1. The maximum absolute atomic E-state index is 12.7. The van der Waals surface area contributed by atoms with E-state index in [4.69, 9.17) is 0 Å². The minimum absolute atomic E-state index is 0.287. The van der Waals surface area contributed by atoms with Crippen molar-refractivity contribution in [1.29, 1.82) is 0 Å². The highest BCUT2D eigenvalue weighted by Gasteiger charge is 2.30. The van der Waals surface area contributed by atoms with E-state index in [1.165, 1.54) is 6.20 Å². The van der Waals surface area contributed by atoms with Crippen LogP contribution in [0, 0.1) is 3.57 Å². The number of rotatable bonds is 1. The molecule has 2 aromatic heterocycles. The highest BCUT2D eigenvalue weighted by molar-refractivity contribution is 14.1. The Morgan fingerprint density at radius 1 is 1.10 bits per heavy atom. The molecule has 0 amide bonds. The molecule has 0 aliphatic carbocycles. The van der Waals surface area contributed by atoms with Gasteiger partial charge in [0.15, 0.2) is 0 Å². The number of nitrogens with zero attached hydrogens (tertiary/aromatic N) is 2. The molecule has 0 unspecified atom stereocenters. The van der Waals surface area contributed by atoms with Gasteiger partial charge in [-0.2, -0.15) is 13.2 Å². The van der Waals surface area contributed by atoms with Gasteiger partial charge >= 0.3 is 6.18 Å². The summed E-state index contributed by atoms with van der Waals surface area (Å²) in [6, 6.07) is 9.72. The molecule has 0 fully saturated rings. The van der Waals surface area contributed by atoms with Crippen molar-refractivity contribution in [1.82, 2.24) is 9.38 Å². The van der Waals surface area contributed by atoms with Crippen molar-refractivity contribution in [3.8, 4) is 11.3 Å². The summed E-state index contributed by atoms with van der Waals surface area (Å²) >= 11 is 2.18. The first-order valence-corrected chi connectivity index (χ1v) is 6.84. The maximum Gasteiger partial charge on any atom is 0.416 e. The minimum Gasteiger partial charge on any atom is -0.306 e. The third-order valence-corrected chi connectivity index (χ3v) is 3.88. The zero-order valence-corrected chi connectivity index (χ0v) is 12.2. The number of halogens is 4. The molecule has 3 rings (SSSR count). The fourth-order valence-corrected chi connectivity index (χ4v) is 2.62. The van der Waals surface area contributed by atoms with Crippen molar-refractivity contribution in [3.63, 3.8) is 0 Å². The molecule has 20 heavy (non-hydrogen) atoms. The molecule has 6 heteroatoms. The Labute approximate surface area is 126 Å². The maximum atomic E-state index is 12.7. The molecule has 0 saturated heterocycles. The van der Waals surface area contributed by atoms with Gasteiger partial charge in [-0.25, -0.2) is 4.98 Å². The molecule has 0 bridgehead atoms. The Morgan fingerprint density at radius 2 is 1.85 bits per heavy atom. The summed E-state index contributed by atoms with van der Waals surface area (Å²) in [6.45, 7) is 0. The van der Waals surface area contributed by atoms with E-state index < -0.39 is 11.7 Å². The van der Waals surface area contributed by atoms with Gasteiger partial charge in [0.05, 0.1) is 11.3 Å². The zero-order chi connectivity index (χ0) is 14.3. The SMILES string of the molecule is FC(F)(F)c1ccn2cc(-c3ccccc3I)nc2c1. The highest BCUT2D eigenvalue weighted by atomic mass is 127. The molecule has 0 aliphatic rings. The van der Waals surface area contributed by atoms with Gasteiger partial charge in [0, 0.05) is 21.5 Å². The van der Waals surface area contributed by atoms with Gasteiger partial charge in [0.25, 0.3) is 0 Å². The smallest absolute Gasteiger partial charge is 0.306 e. The first-order valence-electron chi connectivity index (χ1n) is 5.76. The lowest BCUT2D eigenvalue weighted by molar-refractivity contribution is -0.137. The molecule has 0 saturated carbocycles. The Hall–Kier alpha value is -1.57. The Morgan fingerprint density at radius 3 is 2.55 bits per heavy atom. The van der Waals surface area contributed by atoms with Gasteiger partial charge < -0.3 is 4.40 Å². The lowest BCUT2D eigenvalue weighted by atomic mass is 10.2. The molecule has 3 aromatic rings. The number of benzene rings is 1. The summed E-state index contributed by atoms with van der Waals surface area (Å²) in [5, 5.41) is 0. The number of fused-ring (bicyclic) bond motifs is 1. The van der Waals surface area contributed by atoms with Crippen LogP contribution in [0.25, 0.3) is 16.9 Å². The van der Waals surface area contributed by atoms with Crippen LogP contribution in [0.1, 0.15) is 5.56 Å². The second-order valence-electron chi connectivity index (χ2n) is 4.28. The van der Waals surface area contributed by atoms with E-state index in [9.17, 15) is 13.2 Å². The van der Waals surface area contributed by atoms with Gasteiger partial charge in [-0.05, 0) is 40.8 Å². The normalized spacial score (nSPS) is 12.0. The third-order valence-electron chi connectivity index (χ3n) is 2.94. The van der Waals surface area contributed by atoms with Gasteiger partial charge in [0.2, 0.25) is 0 Å². The quantitative estimate of drug-likeness (QED) is 0.556. The number of pyridine rings is 1. The van der Waals surface area contributed by atoms with Gasteiger partial charge in [-0.1, -0.05) is 18.2 Å². The standard InChI is InChI=1S/C14H8F3IN2/c15-14(16,17)9-5-6-20-8-12(19-13(20)7-9)10-3-1-2-4-11(10)18/h1-8H. The Kier molecular flexibility index (Phi) is 3.19. The van der Waals surface area contributed by atoms with E-state index in [0.717, 1.165) is 21.3 Å². The molecule has 0 N–H and O–H groups in total. The van der Waals surface area contributed by atoms with Crippen LogP contribution < -0.4 is 0 Å². The van der Waals surface area contributed by atoms with Crippen molar-refractivity contribution >= 4 is 28.2 Å². The first kappa shape index (κ1) is 13.4. The van der Waals surface area contributed by atoms with E-state index in [1.54, 1.807) is 10.6 Å². The number of aromatic nitrogens is 2. The Bertz CT molecular complexity index is 777. The van der Waals surface area contributed by atoms with Crippen LogP contribution in [0.3, 0.4) is 0 Å². The second kappa shape index (κ2) is 4.76. The van der Waals surface area contributed by atoms with Crippen LogP contribution in [-0.4, -0.2) is 9.38 Å². The molecule has 1 aromatic carbocycles. The molecule has 2 heterocycles. The average molecular weight is 388 g/mol. The van der Waals surface area contributed by atoms with Crippen LogP contribution >= 0.6 is 22.6 Å². The first-order chi connectivity index (χ1) is 9.45. The third kappa shape index (κ3) is 2.39. The van der Waals surface area contributed by atoms with Crippen LogP contribution in [0.5, 0.6) is 0 Å². The lowest BCUT2D eigenvalue weighted by Crippen LogP contribution is -2.05. The largest absolute Gasteiger partial charge is 0.416 e. The molecule has 0 spiro atoms. The zero-order valence-electron chi connectivity index (χ0n) is 10.0. The van der Waals surface area contributed by atoms with Crippen LogP contribution in [0.2, 0.25) is 0 Å². The fourth-order valence-electron chi connectivity index (χ4n) is 1.96. The van der Waals surface area contributed by atoms with Crippen molar-refractivity contribution in [2.24, 2.45) is 0 Å². The number of hydrogen-bond donors (Lipinski definition) is 0. The topological polar surface area (TPSA) is 17.3 Å². The fraction of sp³-hybridized carbons (Fsp3) is 0.0714. The van der Waals surface area contributed by atoms with Crippen molar-refractivity contribution in [3.05, 3.63) is 57.9 Å². The molecule has 2 nitrogen and oxygen atoms in total. The summed E-state index contributed by atoms with van der Waals surface area (Å²) in [5.74, 6) is 0. The number of hydrogen-bond acceptors (Lipinski definition) is 1. The van der Waals surface area contributed by atoms with E-state index in [0.29, 0.717) is 5.69 Å².